The Morgan fingerprint density at radius 1 is 1.35 bits per heavy atom. The van der Waals surface area contributed by atoms with Crippen molar-refractivity contribution in [1.82, 2.24) is 0 Å². The van der Waals surface area contributed by atoms with Crippen LogP contribution in [0.4, 0.5) is 17.1 Å². The SMILES string of the molecule is Cc1cc(O)ccc1N/C=C(/C#N)C(=O)Nc1ccc(Cl)c([N+](=O)[O-])c1. The van der Waals surface area contributed by atoms with Gasteiger partial charge in [-0.05, 0) is 42.8 Å². The molecule has 8 nitrogen and oxygen atoms in total. The lowest BCUT2D eigenvalue weighted by atomic mass is 10.2. The van der Waals surface area contributed by atoms with Crippen LogP contribution in [0.2, 0.25) is 5.02 Å². The van der Waals surface area contributed by atoms with Crippen LogP contribution in [0.1, 0.15) is 5.56 Å². The van der Waals surface area contributed by atoms with Crippen molar-refractivity contribution in [2.45, 2.75) is 6.92 Å². The normalized spacial score (nSPS) is 10.7. The van der Waals surface area contributed by atoms with Gasteiger partial charge in [0.15, 0.2) is 0 Å². The molecule has 0 spiro atoms. The number of halogens is 1. The second-order valence-corrected chi connectivity index (χ2v) is 5.60. The molecular weight excluding hydrogens is 360 g/mol. The number of aryl methyl sites for hydroxylation is 1. The third-order valence-electron chi connectivity index (χ3n) is 3.35. The van der Waals surface area contributed by atoms with E-state index in [0.717, 1.165) is 6.07 Å². The van der Waals surface area contributed by atoms with Gasteiger partial charge < -0.3 is 15.7 Å². The number of phenolic OH excluding ortho intramolecular Hbond substituents is 1. The fourth-order valence-electron chi connectivity index (χ4n) is 2.04. The van der Waals surface area contributed by atoms with Gasteiger partial charge in [-0.25, -0.2) is 0 Å². The number of nitrogens with zero attached hydrogens (tertiary/aromatic N) is 2. The predicted molar refractivity (Wildman–Crippen MR) is 96.9 cm³/mol. The summed E-state index contributed by atoms with van der Waals surface area (Å²) in [4.78, 5) is 22.4. The molecule has 0 heterocycles. The highest BCUT2D eigenvalue weighted by Gasteiger charge is 2.15. The standard InChI is InChI=1S/C17H13ClN4O4/c1-10-6-13(23)3-5-15(10)20-9-11(8-19)17(24)21-12-2-4-14(18)16(7-12)22(25)26/h2-7,9,20,23H,1H3,(H,21,24)/b11-9-. The topological polar surface area (TPSA) is 128 Å². The minimum atomic E-state index is -0.743. The Balaban J connectivity index is 2.17. The number of aromatic hydroxyl groups is 1. The number of hydrogen-bond donors (Lipinski definition) is 3. The number of hydrogen-bond acceptors (Lipinski definition) is 6. The molecule has 3 N–H and O–H groups in total. The molecule has 2 aromatic rings. The average molecular weight is 373 g/mol. The highest BCUT2D eigenvalue weighted by atomic mass is 35.5. The number of carbonyl (C=O) groups is 1. The van der Waals surface area contributed by atoms with Crippen molar-refractivity contribution in [3.63, 3.8) is 0 Å². The maximum absolute atomic E-state index is 12.2. The largest absolute Gasteiger partial charge is 0.508 e. The Hall–Kier alpha value is -3.57. The fourth-order valence-corrected chi connectivity index (χ4v) is 2.22. The number of benzene rings is 2. The van der Waals surface area contributed by atoms with E-state index in [0.29, 0.717) is 11.3 Å². The molecule has 26 heavy (non-hydrogen) atoms. The lowest BCUT2D eigenvalue weighted by molar-refractivity contribution is -0.384. The first-order valence-electron chi connectivity index (χ1n) is 7.23. The minimum Gasteiger partial charge on any atom is -0.508 e. The molecule has 2 aromatic carbocycles. The molecule has 0 aromatic heterocycles. The van der Waals surface area contributed by atoms with E-state index in [4.69, 9.17) is 16.9 Å². The molecule has 2 rings (SSSR count). The number of nitriles is 1. The molecule has 0 unspecified atom stereocenters. The van der Waals surface area contributed by atoms with E-state index in [1.807, 2.05) is 0 Å². The van der Waals surface area contributed by atoms with E-state index in [9.17, 15) is 20.0 Å². The first-order chi connectivity index (χ1) is 12.3. The first kappa shape index (κ1) is 18.8. The Bertz CT molecular complexity index is 950. The number of nitro groups is 1. The van der Waals surface area contributed by atoms with Gasteiger partial charge >= 0.3 is 0 Å². The summed E-state index contributed by atoms with van der Waals surface area (Å²) in [5.41, 5.74) is 0.852. The maximum atomic E-state index is 12.2. The summed E-state index contributed by atoms with van der Waals surface area (Å²) >= 11 is 5.72. The van der Waals surface area contributed by atoms with Crippen LogP contribution in [0.5, 0.6) is 5.75 Å². The molecule has 0 radical (unpaired) electrons. The van der Waals surface area contributed by atoms with Crippen molar-refractivity contribution in [3.8, 4) is 11.8 Å². The van der Waals surface area contributed by atoms with Gasteiger partial charge in [0.05, 0.1) is 4.92 Å². The van der Waals surface area contributed by atoms with E-state index < -0.39 is 10.8 Å². The van der Waals surface area contributed by atoms with Crippen LogP contribution in [0.3, 0.4) is 0 Å². The fraction of sp³-hybridized carbons (Fsp3) is 0.0588. The number of rotatable bonds is 5. The second-order valence-electron chi connectivity index (χ2n) is 5.19. The number of amides is 1. The molecule has 0 aliphatic heterocycles. The van der Waals surface area contributed by atoms with Gasteiger partial charge in [-0.3, -0.25) is 14.9 Å². The second kappa shape index (κ2) is 8.00. The quantitative estimate of drug-likeness (QED) is 0.241. The number of nitrogens with one attached hydrogen (secondary N) is 2. The molecular formula is C17H13ClN4O4. The van der Waals surface area contributed by atoms with Gasteiger partial charge in [-0.15, -0.1) is 0 Å². The highest BCUT2D eigenvalue weighted by Crippen LogP contribution is 2.27. The Kier molecular flexibility index (Phi) is 5.78. The van der Waals surface area contributed by atoms with Gasteiger partial charge in [-0.1, -0.05) is 11.6 Å². The Morgan fingerprint density at radius 3 is 2.69 bits per heavy atom. The monoisotopic (exact) mass is 372 g/mol. The summed E-state index contributed by atoms with van der Waals surface area (Å²) < 4.78 is 0. The van der Waals surface area contributed by atoms with E-state index in [1.165, 1.54) is 30.5 Å². The molecule has 0 fully saturated rings. The number of anilines is 2. The van der Waals surface area contributed by atoms with Crippen molar-refractivity contribution in [1.29, 1.82) is 5.26 Å². The van der Waals surface area contributed by atoms with Gasteiger partial charge in [0, 0.05) is 23.6 Å². The van der Waals surface area contributed by atoms with Gasteiger partial charge in [0.25, 0.3) is 11.6 Å². The third-order valence-corrected chi connectivity index (χ3v) is 3.67. The molecule has 132 valence electrons. The van der Waals surface area contributed by atoms with Gasteiger partial charge in [-0.2, -0.15) is 5.26 Å². The number of nitro benzene ring substituents is 1. The van der Waals surface area contributed by atoms with E-state index in [1.54, 1.807) is 19.1 Å². The summed E-state index contributed by atoms with van der Waals surface area (Å²) in [6.45, 7) is 1.74. The molecule has 0 aliphatic rings. The van der Waals surface area contributed by atoms with Crippen LogP contribution >= 0.6 is 11.6 Å². The number of phenols is 1. The van der Waals surface area contributed by atoms with Crippen molar-refractivity contribution in [2.75, 3.05) is 10.6 Å². The maximum Gasteiger partial charge on any atom is 0.289 e. The Morgan fingerprint density at radius 2 is 2.08 bits per heavy atom. The van der Waals surface area contributed by atoms with Crippen LogP contribution in [0, 0.1) is 28.4 Å². The average Bonchev–Trinajstić information content (AvgIpc) is 2.58. The van der Waals surface area contributed by atoms with Crippen molar-refractivity contribution < 1.29 is 14.8 Å². The summed E-state index contributed by atoms with van der Waals surface area (Å²) in [6.07, 6.45) is 1.21. The van der Waals surface area contributed by atoms with E-state index in [2.05, 4.69) is 10.6 Å². The molecule has 9 heteroatoms. The zero-order valence-electron chi connectivity index (χ0n) is 13.5. The molecule has 0 saturated carbocycles. The predicted octanol–water partition coefficient (Wildman–Crippen LogP) is 3.72. The van der Waals surface area contributed by atoms with Crippen LogP contribution < -0.4 is 10.6 Å². The lowest BCUT2D eigenvalue weighted by Crippen LogP contribution is -2.14. The van der Waals surface area contributed by atoms with Crippen LogP contribution in [-0.2, 0) is 4.79 Å². The molecule has 0 bridgehead atoms. The first-order valence-corrected chi connectivity index (χ1v) is 7.61. The highest BCUT2D eigenvalue weighted by molar-refractivity contribution is 6.32. The molecule has 0 aliphatic carbocycles. The van der Waals surface area contributed by atoms with Crippen LogP contribution in [0.25, 0.3) is 0 Å². The van der Waals surface area contributed by atoms with Crippen LogP contribution in [0.15, 0.2) is 48.2 Å². The molecule has 1 amide bonds. The Labute approximate surface area is 153 Å². The summed E-state index contributed by atoms with van der Waals surface area (Å²) in [6, 6.07) is 10.1. The summed E-state index contributed by atoms with van der Waals surface area (Å²) in [5, 5.41) is 34.6. The zero-order chi connectivity index (χ0) is 19.3. The van der Waals surface area contributed by atoms with Crippen molar-refractivity contribution >= 4 is 34.6 Å². The molecule has 0 saturated heterocycles. The minimum absolute atomic E-state index is 0.0616. The molecule has 0 atom stereocenters. The van der Waals surface area contributed by atoms with Crippen molar-refractivity contribution in [3.05, 3.63) is 68.9 Å². The van der Waals surface area contributed by atoms with Crippen molar-refractivity contribution in [2.24, 2.45) is 0 Å². The van der Waals surface area contributed by atoms with Gasteiger partial charge in [0.1, 0.15) is 22.4 Å². The van der Waals surface area contributed by atoms with E-state index in [-0.39, 0.29) is 27.7 Å². The lowest BCUT2D eigenvalue weighted by Gasteiger charge is -2.08. The number of carbonyl (C=O) groups excluding carboxylic acids is 1. The summed E-state index contributed by atoms with van der Waals surface area (Å²) in [7, 11) is 0. The summed E-state index contributed by atoms with van der Waals surface area (Å²) in [5.74, 6) is -0.646. The van der Waals surface area contributed by atoms with Gasteiger partial charge in [0.2, 0.25) is 0 Å². The third kappa shape index (κ3) is 4.49. The smallest absolute Gasteiger partial charge is 0.289 e. The zero-order valence-corrected chi connectivity index (χ0v) is 14.2. The van der Waals surface area contributed by atoms with Crippen LogP contribution in [-0.4, -0.2) is 15.9 Å². The van der Waals surface area contributed by atoms with E-state index >= 15 is 0 Å².